The van der Waals surface area contributed by atoms with Gasteiger partial charge in [0.2, 0.25) is 0 Å². The number of carbonyl (C=O) groups is 1. The molecule has 0 heterocycles. The minimum absolute atomic E-state index is 0. The molecule has 13 heavy (non-hydrogen) atoms. The predicted octanol–water partition coefficient (Wildman–Crippen LogP) is 1.33. The second-order valence-electron chi connectivity index (χ2n) is 3.96. The molecule has 0 saturated carbocycles. The van der Waals surface area contributed by atoms with Crippen LogP contribution in [0.4, 0.5) is 0 Å². The van der Waals surface area contributed by atoms with Crippen LogP contribution in [0.1, 0.15) is 34.6 Å². The number of carbonyl (C=O) groups excluding carboxylic acids is 1. The van der Waals surface area contributed by atoms with E-state index >= 15 is 0 Å². The van der Waals surface area contributed by atoms with Crippen molar-refractivity contribution in [3.05, 3.63) is 0 Å². The highest BCUT2D eigenvalue weighted by molar-refractivity contribution is 7.13. The molecule has 4 heteroatoms. The van der Waals surface area contributed by atoms with Crippen LogP contribution >= 0.6 is 9.39 Å². The Morgan fingerprint density at radius 1 is 1.54 bits per heavy atom. The number of Topliss-reactive ketones (excluding diaryl/α,β-unsaturated/α-hetero) is 1. The molecule has 0 aliphatic rings. The van der Waals surface area contributed by atoms with E-state index < -0.39 is 0 Å². The van der Waals surface area contributed by atoms with Gasteiger partial charge in [-0.15, -0.1) is 0 Å². The van der Waals surface area contributed by atoms with Gasteiger partial charge in [-0.25, -0.2) is 0 Å². The van der Waals surface area contributed by atoms with E-state index in [0.717, 1.165) is 6.54 Å². The lowest BCUT2D eigenvalue weighted by Crippen LogP contribution is -2.40. The lowest BCUT2D eigenvalue weighted by Gasteiger charge is -2.21. The fourth-order valence-corrected chi connectivity index (χ4v) is 1.09. The van der Waals surface area contributed by atoms with Crippen molar-refractivity contribution >= 4 is 15.2 Å². The van der Waals surface area contributed by atoms with Gasteiger partial charge in [0.25, 0.3) is 0 Å². The molecule has 0 spiro atoms. The van der Waals surface area contributed by atoms with Crippen LogP contribution in [0.2, 0.25) is 0 Å². The largest absolute Gasteiger partial charge is 0.321 e. The van der Waals surface area contributed by atoms with E-state index in [2.05, 4.69) is 14.5 Å². The molecule has 3 N–H and O–H groups in total. The van der Waals surface area contributed by atoms with Gasteiger partial charge in [0.15, 0.2) is 5.78 Å². The molecule has 0 saturated heterocycles. The monoisotopic (exact) mass is 206 g/mol. The van der Waals surface area contributed by atoms with Gasteiger partial charge in [-0.2, -0.15) is 0 Å². The standard InChI is InChI=1S/C8H19N2OP.CH4/c1-8(2,3)7(11)6(9)4-5-10-12;/h6,10H,4-5,9,12H2,1-3H3;1H4. The van der Waals surface area contributed by atoms with Gasteiger partial charge in [0.05, 0.1) is 6.04 Å². The van der Waals surface area contributed by atoms with Crippen LogP contribution in [0.15, 0.2) is 0 Å². The number of rotatable bonds is 4. The molecule has 2 atom stereocenters. The molecule has 0 aromatic heterocycles. The maximum atomic E-state index is 11.5. The van der Waals surface area contributed by atoms with Crippen molar-refractivity contribution in [2.75, 3.05) is 6.54 Å². The average molecular weight is 206 g/mol. The van der Waals surface area contributed by atoms with Crippen molar-refractivity contribution in [3.63, 3.8) is 0 Å². The number of ketones is 1. The van der Waals surface area contributed by atoms with Crippen molar-refractivity contribution in [3.8, 4) is 0 Å². The Morgan fingerprint density at radius 2 is 2.00 bits per heavy atom. The SMILES string of the molecule is C.CC(C)(C)C(=O)C(N)CCNP. The summed E-state index contributed by atoms with van der Waals surface area (Å²) < 4.78 is 0. The van der Waals surface area contributed by atoms with Crippen molar-refractivity contribution in [2.24, 2.45) is 11.1 Å². The highest BCUT2D eigenvalue weighted by atomic mass is 31.0. The van der Waals surface area contributed by atoms with Crippen LogP contribution in [0.25, 0.3) is 0 Å². The summed E-state index contributed by atoms with van der Waals surface area (Å²) in [5.74, 6) is 0.128. The van der Waals surface area contributed by atoms with Crippen LogP contribution in [0.3, 0.4) is 0 Å². The Kier molecular flexibility index (Phi) is 7.71. The number of nitrogens with one attached hydrogen (secondary N) is 1. The lowest BCUT2D eigenvalue weighted by atomic mass is 9.86. The first-order chi connectivity index (χ1) is 5.39. The maximum Gasteiger partial charge on any atom is 0.154 e. The Morgan fingerprint density at radius 3 is 2.31 bits per heavy atom. The minimum atomic E-state index is -0.335. The average Bonchev–Trinajstić information content (AvgIpc) is 1.97. The fourth-order valence-electron chi connectivity index (χ4n) is 0.926. The Bertz CT molecular complexity index is 154. The molecule has 0 aromatic carbocycles. The van der Waals surface area contributed by atoms with Crippen molar-refractivity contribution in [2.45, 2.75) is 40.7 Å². The van der Waals surface area contributed by atoms with Crippen LogP contribution < -0.4 is 10.8 Å². The molecule has 0 aliphatic carbocycles. The number of nitrogens with two attached hydrogens (primary N) is 1. The molecule has 0 rings (SSSR count). The zero-order valence-corrected chi connectivity index (χ0v) is 9.21. The summed E-state index contributed by atoms with van der Waals surface area (Å²) in [4.78, 5) is 11.5. The van der Waals surface area contributed by atoms with Gasteiger partial charge >= 0.3 is 0 Å². The van der Waals surface area contributed by atoms with Gasteiger partial charge < -0.3 is 10.8 Å². The third-order valence-electron chi connectivity index (χ3n) is 1.68. The first kappa shape index (κ1) is 15.5. The van der Waals surface area contributed by atoms with Gasteiger partial charge in [-0.05, 0) is 6.42 Å². The van der Waals surface area contributed by atoms with Crippen LogP contribution in [-0.2, 0) is 4.79 Å². The van der Waals surface area contributed by atoms with E-state index in [1.54, 1.807) is 0 Å². The third-order valence-corrected chi connectivity index (χ3v) is 1.96. The van der Waals surface area contributed by atoms with E-state index in [4.69, 9.17) is 5.73 Å². The molecule has 80 valence electrons. The van der Waals surface area contributed by atoms with Gasteiger partial charge in [0, 0.05) is 12.0 Å². The zero-order chi connectivity index (χ0) is 9.78. The Labute approximate surface area is 84.1 Å². The Balaban J connectivity index is 0. The second kappa shape index (κ2) is 6.47. The lowest BCUT2D eigenvalue weighted by molar-refractivity contribution is -0.127. The summed E-state index contributed by atoms with van der Waals surface area (Å²) in [7, 11) is 2.39. The van der Waals surface area contributed by atoms with Crippen molar-refractivity contribution < 1.29 is 4.79 Å². The number of hydrogen-bond donors (Lipinski definition) is 2. The smallest absolute Gasteiger partial charge is 0.154 e. The summed E-state index contributed by atoms with van der Waals surface area (Å²) in [6.07, 6.45) is 0.694. The number of hydrogen-bond acceptors (Lipinski definition) is 3. The summed E-state index contributed by atoms with van der Waals surface area (Å²) >= 11 is 0. The van der Waals surface area contributed by atoms with E-state index in [0.29, 0.717) is 6.42 Å². The molecule has 0 bridgehead atoms. The first-order valence-corrected chi connectivity index (χ1v) is 4.70. The molecule has 0 amide bonds. The third kappa shape index (κ3) is 6.14. The van der Waals surface area contributed by atoms with Gasteiger partial charge in [-0.3, -0.25) is 4.79 Å². The van der Waals surface area contributed by atoms with E-state index in [9.17, 15) is 4.79 Å². The molecule has 2 unspecified atom stereocenters. The van der Waals surface area contributed by atoms with Crippen LogP contribution in [-0.4, -0.2) is 18.4 Å². The van der Waals surface area contributed by atoms with Crippen LogP contribution in [0, 0.1) is 5.41 Å². The molecule has 0 aliphatic heterocycles. The van der Waals surface area contributed by atoms with Crippen molar-refractivity contribution in [1.82, 2.24) is 5.09 Å². The molecular weight excluding hydrogens is 183 g/mol. The summed E-state index contributed by atoms with van der Waals surface area (Å²) in [5, 5.41) is 2.89. The highest BCUT2D eigenvalue weighted by Gasteiger charge is 2.26. The second-order valence-corrected chi connectivity index (χ2v) is 4.37. The van der Waals surface area contributed by atoms with Crippen molar-refractivity contribution in [1.29, 1.82) is 0 Å². The molecular formula is C9H23N2OP. The first-order valence-electron chi connectivity index (χ1n) is 4.13. The predicted molar refractivity (Wildman–Crippen MR) is 61.5 cm³/mol. The van der Waals surface area contributed by atoms with E-state index in [-0.39, 0.29) is 24.7 Å². The normalized spacial score (nSPS) is 13.3. The van der Waals surface area contributed by atoms with E-state index in [1.165, 1.54) is 0 Å². The molecule has 0 aromatic rings. The fraction of sp³-hybridized carbons (Fsp3) is 0.889. The minimum Gasteiger partial charge on any atom is -0.321 e. The summed E-state index contributed by atoms with van der Waals surface area (Å²) in [6, 6.07) is -0.335. The van der Waals surface area contributed by atoms with Crippen LogP contribution in [0.5, 0.6) is 0 Å². The maximum absolute atomic E-state index is 11.5. The topological polar surface area (TPSA) is 55.1 Å². The highest BCUT2D eigenvalue weighted by Crippen LogP contribution is 2.16. The Hall–Kier alpha value is 0.0200. The molecule has 0 radical (unpaired) electrons. The summed E-state index contributed by atoms with van der Waals surface area (Å²) in [5.41, 5.74) is 5.37. The van der Waals surface area contributed by atoms with E-state index in [1.807, 2.05) is 20.8 Å². The van der Waals surface area contributed by atoms with Gasteiger partial charge in [-0.1, -0.05) is 37.6 Å². The molecule has 3 nitrogen and oxygen atoms in total. The molecule has 0 fully saturated rings. The van der Waals surface area contributed by atoms with Gasteiger partial charge in [0.1, 0.15) is 0 Å². The zero-order valence-electron chi connectivity index (χ0n) is 8.05. The quantitative estimate of drug-likeness (QED) is 0.682. The summed E-state index contributed by atoms with van der Waals surface area (Å²) in [6.45, 7) is 6.43.